The zero-order valence-electron chi connectivity index (χ0n) is 17.3. The highest BCUT2D eigenvalue weighted by Gasteiger charge is 2.23. The van der Waals surface area contributed by atoms with Crippen LogP contribution in [0.15, 0.2) is 71.1 Å². The number of aromatic nitrogens is 2. The van der Waals surface area contributed by atoms with Gasteiger partial charge in [-0.25, -0.2) is 4.98 Å². The molecule has 3 heterocycles. The number of para-hydroxylation sites is 2. The number of fused-ring (bicyclic) bond motifs is 1. The molecule has 1 saturated heterocycles. The van der Waals surface area contributed by atoms with Crippen molar-refractivity contribution in [1.82, 2.24) is 14.9 Å². The molecular weight excluding hydrogens is 372 g/mol. The highest BCUT2D eigenvalue weighted by Crippen LogP contribution is 2.24. The molecule has 30 heavy (non-hydrogen) atoms. The molecule has 0 bridgehead atoms. The predicted molar refractivity (Wildman–Crippen MR) is 121 cm³/mol. The minimum absolute atomic E-state index is 0.397. The Morgan fingerprint density at radius 2 is 1.90 bits per heavy atom. The minimum atomic E-state index is 0.397. The Hall–Kier alpha value is -3.05. The van der Waals surface area contributed by atoms with Crippen molar-refractivity contribution in [3.8, 4) is 0 Å². The summed E-state index contributed by atoms with van der Waals surface area (Å²) in [5.41, 5.74) is 3.53. The summed E-state index contributed by atoms with van der Waals surface area (Å²) in [5, 5.41) is 7.44. The van der Waals surface area contributed by atoms with Gasteiger partial charge in [0, 0.05) is 12.1 Å². The number of anilines is 1. The van der Waals surface area contributed by atoms with Gasteiger partial charge >= 0.3 is 0 Å². The van der Waals surface area contributed by atoms with E-state index in [0.717, 1.165) is 54.3 Å². The van der Waals surface area contributed by atoms with Crippen molar-refractivity contribution in [2.75, 3.05) is 11.9 Å². The van der Waals surface area contributed by atoms with Crippen LogP contribution in [-0.2, 0) is 13.0 Å². The number of aryl methyl sites for hydroxylation is 1. The Morgan fingerprint density at radius 1 is 1.07 bits per heavy atom. The third-order valence-electron chi connectivity index (χ3n) is 5.92. The molecule has 154 valence electrons. The Bertz CT molecular complexity index is 1110. The second-order valence-electron chi connectivity index (χ2n) is 8.23. The molecule has 5 heteroatoms. The van der Waals surface area contributed by atoms with Crippen LogP contribution in [0.3, 0.4) is 0 Å². The lowest BCUT2D eigenvalue weighted by atomic mass is 9.94. The van der Waals surface area contributed by atoms with Gasteiger partial charge in [0.1, 0.15) is 11.5 Å². The first-order valence-corrected chi connectivity index (χ1v) is 10.8. The molecule has 2 aromatic heterocycles. The van der Waals surface area contributed by atoms with Crippen molar-refractivity contribution in [1.29, 1.82) is 0 Å². The van der Waals surface area contributed by atoms with E-state index in [-0.39, 0.29) is 0 Å². The van der Waals surface area contributed by atoms with Gasteiger partial charge in [0.15, 0.2) is 0 Å². The van der Waals surface area contributed by atoms with Gasteiger partial charge in [-0.2, -0.15) is 0 Å². The van der Waals surface area contributed by atoms with Crippen molar-refractivity contribution < 1.29 is 4.42 Å². The van der Waals surface area contributed by atoms with Gasteiger partial charge in [-0.1, -0.05) is 42.5 Å². The Kier molecular flexibility index (Phi) is 5.28. The van der Waals surface area contributed by atoms with Crippen LogP contribution in [0.2, 0.25) is 0 Å². The number of nitrogens with zero attached hydrogens (tertiary/aromatic N) is 2. The molecule has 5 rings (SSSR count). The molecule has 1 aliphatic rings. The van der Waals surface area contributed by atoms with Crippen LogP contribution in [0.1, 0.15) is 29.9 Å². The van der Waals surface area contributed by atoms with Gasteiger partial charge in [0.2, 0.25) is 5.95 Å². The van der Waals surface area contributed by atoms with Crippen LogP contribution in [-0.4, -0.2) is 28.2 Å². The molecule has 4 aromatic rings. The van der Waals surface area contributed by atoms with Gasteiger partial charge in [-0.15, -0.1) is 0 Å². The lowest BCUT2D eigenvalue weighted by Crippen LogP contribution is -2.44. The number of benzene rings is 2. The fraction of sp³-hybridized carbons (Fsp3) is 0.320. The third-order valence-corrected chi connectivity index (χ3v) is 5.92. The van der Waals surface area contributed by atoms with E-state index < -0.39 is 0 Å². The average molecular weight is 401 g/mol. The molecular formula is C25H28N4O. The van der Waals surface area contributed by atoms with Gasteiger partial charge in [0.25, 0.3) is 0 Å². The monoisotopic (exact) mass is 400 g/mol. The number of hydrogen-bond acceptors (Lipinski definition) is 4. The van der Waals surface area contributed by atoms with Crippen molar-refractivity contribution in [3.63, 3.8) is 0 Å². The number of nitrogens with one attached hydrogen (secondary N) is 2. The van der Waals surface area contributed by atoms with E-state index in [1.54, 1.807) is 0 Å². The van der Waals surface area contributed by atoms with E-state index in [1.807, 2.05) is 25.1 Å². The summed E-state index contributed by atoms with van der Waals surface area (Å²) in [6.45, 7) is 3.68. The largest absolute Gasteiger partial charge is 0.464 e. The predicted octanol–water partition coefficient (Wildman–Crippen LogP) is 4.76. The summed E-state index contributed by atoms with van der Waals surface area (Å²) < 4.78 is 8.09. The molecule has 2 aromatic carbocycles. The molecule has 1 fully saturated rings. The maximum atomic E-state index is 5.85. The molecule has 0 aliphatic carbocycles. The number of rotatable bonds is 6. The summed E-state index contributed by atoms with van der Waals surface area (Å²) in [4.78, 5) is 4.91. The van der Waals surface area contributed by atoms with Crippen molar-refractivity contribution in [2.24, 2.45) is 0 Å². The van der Waals surface area contributed by atoms with Gasteiger partial charge < -0.3 is 19.6 Å². The zero-order valence-corrected chi connectivity index (χ0v) is 17.3. The van der Waals surface area contributed by atoms with E-state index in [9.17, 15) is 0 Å². The van der Waals surface area contributed by atoms with Crippen molar-refractivity contribution >= 4 is 17.0 Å². The summed E-state index contributed by atoms with van der Waals surface area (Å²) >= 11 is 0. The van der Waals surface area contributed by atoms with Crippen LogP contribution >= 0.6 is 0 Å². The summed E-state index contributed by atoms with van der Waals surface area (Å²) in [5.74, 6) is 2.81. The highest BCUT2D eigenvalue weighted by molar-refractivity contribution is 5.78. The molecule has 2 atom stereocenters. The Balaban J connectivity index is 1.36. The molecule has 0 radical (unpaired) electrons. The maximum Gasteiger partial charge on any atom is 0.204 e. The van der Waals surface area contributed by atoms with E-state index >= 15 is 0 Å². The number of piperidine rings is 1. The Labute approximate surface area is 177 Å². The van der Waals surface area contributed by atoms with E-state index in [2.05, 4.69) is 63.7 Å². The summed E-state index contributed by atoms with van der Waals surface area (Å²) in [6, 6.07) is 24.0. The SMILES string of the molecule is Cc1ccc(Cn2c(N[C@@H]3CCN[C@@H](Cc4ccccc4)C3)nc3ccccc32)o1. The quantitative estimate of drug-likeness (QED) is 0.490. The van der Waals surface area contributed by atoms with Gasteiger partial charge in [-0.3, -0.25) is 0 Å². The first kappa shape index (κ1) is 18.9. The fourth-order valence-corrected chi connectivity index (χ4v) is 4.45. The van der Waals surface area contributed by atoms with Gasteiger partial charge in [0.05, 0.1) is 17.6 Å². The summed E-state index contributed by atoms with van der Waals surface area (Å²) in [6.07, 6.45) is 3.23. The fourth-order valence-electron chi connectivity index (χ4n) is 4.45. The van der Waals surface area contributed by atoms with Gasteiger partial charge in [-0.05, 0) is 62.6 Å². The molecule has 0 unspecified atom stereocenters. The van der Waals surface area contributed by atoms with Crippen molar-refractivity contribution in [2.45, 2.75) is 44.8 Å². The molecule has 2 N–H and O–H groups in total. The van der Waals surface area contributed by atoms with Crippen LogP contribution < -0.4 is 10.6 Å². The van der Waals surface area contributed by atoms with E-state index in [0.29, 0.717) is 18.6 Å². The minimum Gasteiger partial charge on any atom is -0.464 e. The second kappa shape index (κ2) is 8.36. The maximum absolute atomic E-state index is 5.85. The Morgan fingerprint density at radius 3 is 2.73 bits per heavy atom. The third kappa shape index (κ3) is 4.12. The summed E-state index contributed by atoms with van der Waals surface area (Å²) in [7, 11) is 0. The lowest BCUT2D eigenvalue weighted by Gasteiger charge is -2.31. The van der Waals surface area contributed by atoms with Crippen LogP contribution in [0.25, 0.3) is 11.0 Å². The smallest absolute Gasteiger partial charge is 0.204 e. The first-order valence-electron chi connectivity index (χ1n) is 10.8. The van der Waals surface area contributed by atoms with Crippen molar-refractivity contribution in [3.05, 3.63) is 83.8 Å². The topological polar surface area (TPSA) is 55.0 Å². The molecule has 5 nitrogen and oxygen atoms in total. The molecule has 1 aliphatic heterocycles. The molecule has 0 spiro atoms. The number of hydrogen-bond donors (Lipinski definition) is 2. The number of imidazole rings is 1. The van der Waals surface area contributed by atoms with Crippen LogP contribution in [0.4, 0.5) is 5.95 Å². The first-order chi connectivity index (χ1) is 14.7. The highest BCUT2D eigenvalue weighted by atomic mass is 16.3. The normalized spacial score (nSPS) is 19.2. The van der Waals surface area contributed by atoms with E-state index in [4.69, 9.17) is 9.40 Å². The van der Waals surface area contributed by atoms with Crippen LogP contribution in [0.5, 0.6) is 0 Å². The standard InChI is InChI=1S/C25H28N4O/c1-18-11-12-22(30-18)17-29-24-10-6-5-9-23(24)28-25(29)27-20-13-14-26-21(16-20)15-19-7-3-2-4-8-19/h2-12,20-21,26H,13-17H2,1H3,(H,27,28)/t20-,21+/m1/s1. The van der Waals surface area contributed by atoms with Crippen LogP contribution in [0, 0.1) is 6.92 Å². The number of furan rings is 1. The van der Waals surface area contributed by atoms with E-state index in [1.165, 1.54) is 5.56 Å². The second-order valence-corrected chi connectivity index (χ2v) is 8.23. The average Bonchev–Trinajstić information content (AvgIpc) is 3.33. The molecule has 0 saturated carbocycles. The lowest BCUT2D eigenvalue weighted by molar-refractivity contribution is 0.372. The zero-order chi connectivity index (χ0) is 20.3. The molecule has 0 amide bonds.